The van der Waals surface area contributed by atoms with Crippen molar-refractivity contribution in [3.8, 4) is 11.5 Å². The molecule has 0 radical (unpaired) electrons. The maximum absolute atomic E-state index is 11.9. The Hall–Kier alpha value is -2.34. The van der Waals surface area contributed by atoms with E-state index in [9.17, 15) is 9.59 Å². The quantitative estimate of drug-likeness (QED) is 0.485. The third kappa shape index (κ3) is 5.88. The van der Waals surface area contributed by atoms with Crippen molar-refractivity contribution in [1.29, 1.82) is 0 Å². The highest BCUT2D eigenvalue weighted by Gasteiger charge is 2.11. The molecule has 0 aliphatic heterocycles. The largest absolute Gasteiger partial charge is 0.481 e. The van der Waals surface area contributed by atoms with Crippen LogP contribution >= 0.6 is 15.9 Å². The fraction of sp³-hybridized carbons (Fsp3) is 0.300. The third-order valence-corrected chi connectivity index (χ3v) is 4.03. The van der Waals surface area contributed by atoms with Crippen LogP contribution in [0.15, 0.2) is 46.9 Å². The molecule has 0 heterocycles. The first-order chi connectivity index (χ1) is 12.4. The summed E-state index contributed by atoms with van der Waals surface area (Å²) in [4.78, 5) is 23.7. The summed E-state index contributed by atoms with van der Waals surface area (Å²) in [6.45, 7) is 5.40. The minimum absolute atomic E-state index is 0.192. The van der Waals surface area contributed by atoms with E-state index in [1.807, 2.05) is 18.2 Å². The number of hydrogen-bond acceptors (Lipinski definition) is 5. The molecule has 0 spiro atoms. The van der Waals surface area contributed by atoms with Crippen LogP contribution in [0.5, 0.6) is 11.5 Å². The maximum Gasteiger partial charge on any atom is 0.349 e. The molecular weight excluding hydrogens is 400 g/mol. The average molecular weight is 421 g/mol. The summed E-state index contributed by atoms with van der Waals surface area (Å²) in [5.41, 5.74) is 1.57. The zero-order chi connectivity index (χ0) is 19.1. The van der Waals surface area contributed by atoms with Crippen LogP contribution in [0.4, 0.5) is 0 Å². The molecule has 26 heavy (non-hydrogen) atoms. The number of carbonyl (C=O) groups excluding carboxylic acids is 2. The number of hydrogen-bond donors (Lipinski definition) is 0. The molecule has 2 aromatic rings. The lowest BCUT2D eigenvalue weighted by Gasteiger charge is -2.10. The smallest absolute Gasteiger partial charge is 0.349 e. The first-order valence-electron chi connectivity index (χ1n) is 8.32. The number of aryl methyl sites for hydroxylation is 1. The molecule has 2 rings (SSSR count). The van der Waals surface area contributed by atoms with Crippen LogP contribution < -0.4 is 9.47 Å². The Kier molecular flexibility index (Phi) is 7.21. The molecule has 0 aliphatic rings. The van der Waals surface area contributed by atoms with E-state index in [1.165, 1.54) is 5.56 Å². The first-order valence-corrected chi connectivity index (χ1v) is 9.11. The Morgan fingerprint density at radius 1 is 1.08 bits per heavy atom. The Bertz CT molecular complexity index is 768. The molecule has 0 amide bonds. The fourth-order valence-electron chi connectivity index (χ4n) is 2.12. The highest BCUT2D eigenvalue weighted by molar-refractivity contribution is 9.10. The van der Waals surface area contributed by atoms with Crippen LogP contribution in [0.3, 0.4) is 0 Å². The van der Waals surface area contributed by atoms with E-state index in [0.29, 0.717) is 17.1 Å². The first kappa shape index (κ1) is 20.0. The molecule has 0 saturated heterocycles. The molecule has 0 aliphatic carbocycles. The number of ether oxygens (including phenoxy) is 3. The van der Waals surface area contributed by atoms with Crippen LogP contribution in [0, 0.1) is 0 Å². The molecule has 0 saturated carbocycles. The van der Waals surface area contributed by atoms with Gasteiger partial charge in [0.1, 0.15) is 11.5 Å². The van der Waals surface area contributed by atoms with Crippen LogP contribution in [0.1, 0.15) is 36.7 Å². The van der Waals surface area contributed by atoms with Gasteiger partial charge in [0.05, 0.1) is 16.1 Å². The summed E-state index contributed by atoms with van der Waals surface area (Å²) in [6, 6.07) is 11.9. The van der Waals surface area contributed by atoms with Crippen molar-refractivity contribution in [2.45, 2.75) is 33.3 Å². The van der Waals surface area contributed by atoms with Crippen molar-refractivity contribution in [2.24, 2.45) is 0 Å². The second kappa shape index (κ2) is 9.38. The molecule has 0 N–H and O–H groups in total. The zero-order valence-electron chi connectivity index (χ0n) is 15.0. The van der Waals surface area contributed by atoms with Crippen molar-refractivity contribution in [3.05, 3.63) is 58.1 Å². The highest BCUT2D eigenvalue weighted by Crippen LogP contribution is 2.26. The van der Waals surface area contributed by atoms with Crippen LogP contribution in [-0.2, 0) is 16.0 Å². The summed E-state index contributed by atoms with van der Waals surface area (Å²) in [7, 11) is 0. The van der Waals surface area contributed by atoms with E-state index in [2.05, 4.69) is 22.9 Å². The Morgan fingerprint density at radius 2 is 1.77 bits per heavy atom. The van der Waals surface area contributed by atoms with Crippen LogP contribution in [0.2, 0.25) is 0 Å². The molecule has 0 atom stereocenters. The van der Waals surface area contributed by atoms with Gasteiger partial charge in [-0.3, -0.25) is 0 Å². The van der Waals surface area contributed by atoms with E-state index in [4.69, 9.17) is 14.2 Å². The molecule has 0 bridgehead atoms. The molecule has 138 valence electrons. The average Bonchev–Trinajstić information content (AvgIpc) is 2.60. The normalized spacial score (nSPS) is 10.5. The number of halogens is 1. The van der Waals surface area contributed by atoms with Crippen molar-refractivity contribution < 1.29 is 23.8 Å². The van der Waals surface area contributed by atoms with Gasteiger partial charge in [0.15, 0.2) is 6.61 Å². The Balaban J connectivity index is 1.88. The van der Waals surface area contributed by atoms with Gasteiger partial charge in [0, 0.05) is 0 Å². The third-order valence-electron chi connectivity index (χ3n) is 3.41. The molecule has 5 nitrogen and oxygen atoms in total. The number of esters is 2. The minimum Gasteiger partial charge on any atom is -0.481 e. The van der Waals surface area contributed by atoms with Crippen LogP contribution in [-0.4, -0.2) is 24.6 Å². The second-order valence-electron chi connectivity index (χ2n) is 5.86. The standard InChI is InChI=1S/C20H21BrO5/c1-4-14-5-10-18(17(21)11-14)24-12-19(22)26-16-8-6-15(7-9-16)20(23)25-13(2)3/h5-11,13H,4,12H2,1-3H3. The molecule has 0 fully saturated rings. The van der Waals surface area contributed by atoms with Crippen molar-refractivity contribution in [1.82, 2.24) is 0 Å². The lowest BCUT2D eigenvalue weighted by molar-refractivity contribution is -0.136. The van der Waals surface area contributed by atoms with Gasteiger partial charge in [-0.15, -0.1) is 0 Å². The summed E-state index contributed by atoms with van der Waals surface area (Å²) < 4.78 is 16.6. The van der Waals surface area contributed by atoms with Gasteiger partial charge >= 0.3 is 11.9 Å². The van der Waals surface area contributed by atoms with Crippen molar-refractivity contribution >= 4 is 27.9 Å². The molecule has 2 aromatic carbocycles. The van der Waals surface area contributed by atoms with E-state index < -0.39 is 11.9 Å². The monoisotopic (exact) mass is 420 g/mol. The number of benzene rings is 2. The fourth-order valence-corrected chi connectivity index (χ4v) is 2.66. The summed E-state index contributed by atoms with van der Waals surface area (Å²) in [5, 5.41) is 0. The van der Waals surface area contributed by atoms with Gasteiger partial charge in [-0.1, -0.05) is 13.0 Å². The molecule has 0 unspecified atom stereocenters. The van der Waals surface area contributed by atoms with Gasteiger partial charge in [-0.2, -0.15) is 0 Å². The van der Waals surface area contributed by atoms with Gasteiger partial charge in [-0.25, -0.2) is 9.59 Å². The van der Waals surface area contributed by atoms with E-state index in [1.54, 1.807) is 38.1 Å². The van der Waals surface area contributed by atoms with Crippen LogP contribution in [0.25, 0.3) is 0 Å². The second-order valence-corrected chi connectivity index (χ2v) is 6.71. The SMILES string of the molecule is CCc1ccc(OCC(=O)Oc2ccc(C(=O)OC(C)C)cc2)c(Br)c1. The lowest BCUT2D eigenvalue weighted by Crippen LogP contribution is -2.18. The number of rotatable bonds is 7. The van der Waals surface area contributed by atoms with Crippen molar-refractivity contribution in [2.75, 3.05) is 6.61 Å². The van der Waals surface area contributed by atoms with Gasteiger partial charge < -0.3 is 14.2 Å². The van der Waals surface area contributed by atoms with E-state index in [0.717, 1.165) is 10.9 Å². The van der Waals surface area contributed by atoms with Gasteiger partial charge in [0.2, 0.25) is 0 Å². The predicted molar refractivity (Wildman–Crippen MR) is 102 cm³/mol. The zero-order valence-corrected chi connectivity index (χ0v) is 16.5. The Labute approximate surface area is 161 Å². The Morgan fingerprint density at radius 3 is 2.35 bits per heavy atom. The minimum atomic E-state index is -0.533. The maximum atomic E-state index is 11.9. The van der Waals surface area contributed by atoms with E-state index in [-0.39, 0.29) is 12.7 Å². The van der Waals surface area contributed by atoms with Gasteiger partial charge in [0.25, 0.3) is 0 Å². The molecule has 0 aromatic heterocycles. The predicted octanol–water partition coefficient (Wildman–Crippen LogP) is 4.56. The topological polar surface area (TPSA) is 61.8 Å². The van der Waals surface area contributed by atoms with Crippen molar-refractivity contribution in [3.63, 3.8) is 0 Å². The summed E-state index contributed by atoms with van der Waals surface area (Å²) >= 11 is 3.42. The van der Waals surface area contributed by atoms with E-state index >= 15 is 0 Å². The summed E-state index contributed by atoms with van der Waals surface area (Å²) in [6.07, 6.45) is 0.726. The molecular formula is C20H21BrO5. The molecule has 6 heteroatoms. The summed E-state index contributed by atoms with van der Waals surface area (Å²) in [5.74, 6) is -0.0402. The van der Waals surface area contributed by atoms with Gasteiger partial charge in [-0.05, 0) is 78.2 Å². The lowest BCUT2D eigenvalue weighted by atomic mass is 10.2. The number of carbonyl (C=O) groups is 2. The highest BCUT2D eigenvalue weighted by atomic mass is 79.9.